The normalized spacial score (nSPS) is 10.9. The van der Waals surface area contributed by atoms with E-state index >= 15 is 0 Å². The van der Waals surface area contributed by atoms with Gasteiger partial charge < -0.3 is 15.0 Å². The summed E-state index contributed by atoms with van der Waals surface area (Å²) in [5.74, 6) is 0.432. The minimum atomic E-state index is -0.566. The third kappa shape index (κ3) is 6.44. The number of ether oxygens (including phenoxy) is 1. The number of aliphatic imine (C=N–C) groups is 1. The standard InChI is InChI=1S/C19H23F2N3O.HI/c1-22-19(23-11-10-15-6-7-16(20)12-18(15)21)24(2)13-14-4-8-17(25-3)9-5-14;/h4-9,12H,10-11,13H2,1-3H3,(H,22,23);1H. The maximum absolute atomic E-state index is 13.6. The van der Waals surface area contributed by atoms with Crippen LogP contribution in [0, 0.1) is 11.6 Å². The van der Waals surface area contributed by atoms with E-state index in [0.717, 1.165) is 17.4 Å². The van der Waals surface area contributed by atoms with Gasteiger partial charge in [-0.1, -0.05) is 18.2 Å². The molecule has 0 saturated carbocycles. The lowest BCUT2D eigenvalue weighted by molar-refractivity contribution is 0.414. The number of methoxy groups -OCH3 is 1. The van der Waals surface area contributed by atoms with E-state index in [1.807, 2.05) is 36.2 Å². The molecular weight excluding hydrogens is 451 g/mol. The third-order valence-electron chi connectivity index (χ3n) is 3.84. The second-order valence-electron chi connectivity index (χ2n) is 5.66. The monoisotopic (exact) mass is 475 g/mol. The topological polar surface area (TPSA) is 36.9 Å². The molecule has 26 heavy (non-hydrogen) atoms. The first-order valence-corrected chi connectivity index (χ1v) is 8.02. The molecule has 2 rings (SSSR count). The average Bonchev–Trinajstić information content (AvgIpc) is 2.61. The summed E-state index contributed by atoms with van der Waals surface area (Å²) in [7, 11) is 5.26. The lowest BCUT2D eigenvalue weighted by Crippen LogP contribution is -2.39. The maximum atomic E-state index is 13.6. The fraction of sp³-hybridized carbons (Fsp3) is 0.316. The summed E-state index contributed by atoms with van der Waals surface area (Å²) in [6, 6.07) is 11.5. The van der Waals surface area contributed by atoms with Crippen molar-refractivity contribution < 1.29 is 13.5 Å². The molecule has 0 radical (unpaired) electrons. The molecule has 2 aromatic carbocycles. The molecule has 2 aromatic rings. The molecule has 0 fully saturated rings. The Morgan fingerprint density at radius 1 is 1.15 bits per heavy atom. The van der Waals surface area contributed by atoms with Crippen molar-refractivity contribution in [2.45, 2.75) is 13.0 Å². The van der Waals surface area contributed by atoms with Gasteiger partial charge in [0.2, 0.25) is 0 Å². The molecule has 0 heterocycles. The highest BCUT2D eigenvalue weighted by Gasteiger charge is 2.08. The van der Waals surface area contributed by atoms with Crippen LogP contribution in [-0.2, 0) is 13.0 Å². The zero-order valence-corrected chi connectivity index (χ0v) is 17.5. The van der Waals surface area contributed by atoms with Crippen LogP contribution in [-0.4, -0.2) is 38.6 Å². The van der Waals surface area contributed by atoms with Gasteiger partial charge in [0.05, 0.1) is 7.11 Å². The Morgan fingerprint density at radius 3 is 2.42 bits per heavy atom. The van der Waals surface area contributed by atoms with Crippen molar-refractivity contribution in [2.24, 2.45) is 4.99 Å². The van der Waals surface area contributed by atoms with Gasteiger partial charge in [-0.15, -0.1) is 24.0 Å². The van der Waals surface area contributed by atoms with Crippen LogP contribution in [0.3, 0.4) is 0 Å². The van der Waals surface area contributed by atoms with Crippen molar-refractivity contribution in [3.05, 3.63) is 65.2 Å². The number of nitrogens with one attached hydrogen (secondary N) is 1. The van der Waals surface area contributed by atoms with Crippen LogP contribution < -0.4 is 10.1 Å². The molecule has 0 unspecified atom stereocenters. The van der Waals surface area contributed by atoms with Crippen LogP contribution in [0.1, 0.15) is 11.1 Å². The van der Waals surface area contributed by atoms with Crippen molar-refractivity contribution in [2.75, 3.05) is 27.7 Å². The van der Waals surface area contributed by atoms with E-state index < -0.39 is 11.6 Å². The molecule has 0 spiro atoms. The molecule has 0 saturated heterocycles. The number of nitrogens with zero attached hydrogens (tertiary/aromatic N) is 2. The predicted octanol–water partition coefficient (Wildman–Crippen LogP) is 3.84. The molecule has 1 N–H and O–H groups in total. The van der Waals surface area contributed by atoms with Crippen molar-refractivity contribution in [1.82, 2.24) is 10.2 Å². The van der Waals surface area contributed by atoms with Crippen molar-refractivity contribution in [3.63, 3.8) is 0 Å². The Bertz CT molecular complexity index is 723. The first-order valence-electron chi connectivity index (χ1n) is 8.02. The van der Waals surface area contributed by atoms with Crippen LogP contribution in [0.15, 0.2) is 47.5 Å². The van der Waals surface area contributed by atoms with E-state index in [-0.39, 0.29) is 24.0 Å². The number of benzene rings is 2. The summed E-state index contributed by atoms with van der Waals surface area (Å²) < 4.78 is 31.7. The highest BCUT2D eigenvalue weighted by molar-refractivity contribution is 14.0. The quantitative estimate of drug-likeness (QED) is 0.392. The summed E-state index contributed by atoms with van der Waals surface area (Å²) >= 11 is 0. The zero-order chi connectivity index (χ0) is 18.2. The fourth-order valence-corrected chi connectivity index (χ4v) is 2.50. The Balaban J connectivity index is 0.00000338. The first-order chi connectivity index (χ1) is 12.0. The number of halogens is 3. The van der Waals surface area contributed by atoms with Crippen molar-refractivity contribution in [3.8, 4) is 5.75 Å². The fourth-order valence-electron chi connectivity index (χ4n) is 2.50. The second kappa shape index (κ2) is 10.9. The first kappa shape index (κ1) is 22.1. The predicted molar refractivity (Wildman–Crippen MR) is 111 cm³/mol. The molecule has 0 atom stereocenters. The molecule has 142 valence electrons. The molecule has 0 aliphatic heterocycles. The van der Waals surface area contributed by atoms with Crippen LogP contribution in [0.25, 0.3) is 0 Å². The van der Waals surface area contributed by atoms with Crippen molar-refractivity contribution in [1.29, 1.82) is 0 Å². The number of rotatable bonds is 6. The van der Waals surface area contributed by atoms with Gasteiger partial charge in [0.15, 0.2) is 5.96 Å². The highest BCUT2D eigenvalue weighted by Crippen LogP contribution is 2.13. The summed E-state index contributed by atoms with van der Waals surface area (Å²) in [6.45, 7) is 1.18. The van der Waals surface area contributed by atoms with E-state index in [1.54, 1.807) is 14.2 Å². The SMILES string of the molecule is CN=C(NCCc1ccc(F)cc1F)N(C)Cc1ccc(OC)cc1.I. The molecule has 0 aliphatic carbocycles. The second-order valence-corrected chi connectivity index (χ2v) is 5.66. The van der Waals surface area contributed by atoms with Gasteiger partial charge in [-0.05, 0) is 35.7 Å². The summed E-state index contributed by atoms with van der Waals surface area (Å²) in [5.41, 5.74) is 1.60. The number of hydrogen-bond acceptors (Lipinski definition) is 2. The Labute approximate surface area is 170 Å². The van der Waals surface area contributed by atoms with Gasteiger partial charge in [0, 0.05) is 33.3 Å². The maximum Gasteiger partial charge on any atom is 0.193 e. The van der Waals surface area contributed by atoms with Gasteiger partial charge in [0.1, 0.15) is 17.4 Å². The van der Waals surface area contributed by atoms with E-state index in [0.29, 0.717) is 31.0 Å². The average molecular weight is 475 g/mol. The molecule has 0 bridgehead atoms. The van der Waals surface area contributed by atoms with E-state index in [4.69, 9.17) is 4.74 Å². The van der Waals surface area contributed by atoms with Crippen LogP contribution >= 0.6 is 24.0 Å². The Hall–Kier alpha value is -1.90. The van der Waals surface area contributed by atoms with Crippen LogP contribution in [0.5, 0.6) is 5.75 Å². The minimum absolute atomic E-state index is 0. The molecule has 0 amide bonds. The number of hydrogen-bond donors (Lipinski definition) is 1. The smallest absolute Gasteiger partial charge is 0.193 e. The minimum Gasteiger partial charge on any atom is -0.497 e. The summed E-state index contributed by atoms with van der Waals surface area (Å²) in [5, 5.41) is 3.19. The summed E-state index contributed by atoms with van der Waals surface area (Å²) in [4.78, 5) is 6.21. The molecule has 0 aliphatic rings. The third-order valence-corrected chi connectivity index (χ3v) is 3.84. The lowest BCUT2D eigenvalue weighted by atomic mass is 10.1. The van der Waals surface area contributed by atoms with Crippen LogP contribution in [0.2, 0.25) is 0 Å². The van der Waals surface area contributed by atoms with Crippen molar-refractivity contribution >= 4 is 29.9 Å². The van der Waals surface area contributed by atoms with Gasteiger partial charge >= 0.3 is 0 Å². The largest absolute Gasteiger partial charge is 0.497 e. The molecular formula is C19H24F2IN3O. The van der Waals surface area contributed by atoms with Gasteiger partial charge in [-0.2, -0.15) is 0 Å². The lowest BCUT2D eigenvalue weighted by Gasteiger charge is -2.22. The van der Waals surface area contributed by atoms with E-state index in [2.05, 4.69) is 10.3 Å². The van der Waals surface area contributed by atoms with Gasteiger partial charge in [0.25, 0.3) is 0 Å². The number of guanidine groups is 1. The summed E-state index contributed by atoms with van der Waals surface area (Å²) in [6.07, 6.45) is 0.446. The Kier molecular flexibility index (Phi) is 9.32. The Morgan fingerprint density at radius 2 is 1.85 bits per heavy atom. The van der Waals surface area contributed by atoms with Crippen LogP contribution in [0.4, 0.5) is 8.78 Å². The molecule has 4 nitrogen and oxygen atoms in total. The van der Waals surface area contributed by atoms with E-state index in [9.17, 15) is 8.78 Å². The van der Waals surface area contributed by atoms with E-state index in [1.165, 1.54) is 12.1 Å². The zero-order valence-electron chi connectivity index (χ0n) is 15.1. The molecule has 0 aromatic heterocycles. The molecule has 7 heteroatoms. The van der Waals surface area contributed by atoms with Gasteiger partial charge in [-0.3, -0.25) is 4.99 Å². The van der Waals surface area contributed by atoms with Gasteiger partial charge in [-0.25, -0.2) is 8.78 Å². The highest BCUT2D eigenvalue weighted by atomic mass is 127.